The minimum atomic E-state index is -3.01. The maximum atomic E-state index is 15.8. The van der Waals surface area contributed by atoms with Gasteiger partial charge in [0.1, 0.15) is 23.5 Å². The summed E-state index contributed by atoms with van der Waals surface area (Å²) in [5, 5.41) is 13.9. The number of hydrogen-bond acceptors (Lipinski definition) is 6. The largest absolute Gasteiger partial charge is 0.363 e. The molecule has 2 aromatic heterocycles. The van der Waals surface area contributed by atoms with E-state index < -0.39 is 22.9 Å². The van der Waals surface area contributed by atoms with Gasteiger partial charge in [0.2, 0.25) is 0 Å². The first-order valence-corrected chi connectivity index (χ1v) is 15.5. The summed E-state index contributed by atoms with van der Waals surface area (Å²) in [6, 6.07) is 10.2. The summed E-state index contributed by atoms with van der Waals surface area (Å²) >= 11 is 0. The Morgan fingerprint density at radius 1 is 1.02 bits per heavy atom. The van der Waals surface area contributed by atoms with Gasteiger partial charge in [-0.1, -0.05) is 31.0 Å². The Bertz CT molecular complexity index is 1600. The molecule has 0 amide bonds. The van der Waals surface area contributed by atoms with Crippen LogP contribution in [0, 0.1) is 17.2 Å². The van der Waals surface area contributed by atoms with E-state index >= 15 is 13.2 Å². The predicted octanol–water partition coefficient (Wildman–Crippen LogP) is 6.63. The van der Waals surface area contributed by atoms with Crippen molar-refractivity contribution in [2.45, 2.75) is 94.8 Å². The minimum absolute atomic E-state index is 0.0216. The van der Waals surface area contributed by atoms with Gasteiger partial charge in [0.05, 0.1) is 16.9 Å². The molecule has 2 fully saturated rings. The first-order chi connectivity index (χ1) is 20.5. The molecule has 1 saturated carbocycles. The van der Waals surface area contributed by atoms with E-state index in [0.717, 1.165) is 6.42 Å². The van der Waals surface area contributed by atoms with Gasteiger partial charge in [0.15, 0.2) is 0 Å². The molecular formula is C33H39F3N6O. The molecule has 3 aliphatic heterocycles. The van der Waals surface area contributed by atoms with Crippen LogP contribution in [0.3, 0.4) is 0 Å². The topological polar surface area (TPSA) is 86.8 Å². The van der Waals surface area contributed by atoms with Gasteiger partial charge >= 0.3 is 0 Å². The van der Waals surface area contributed by atoms with Crippen molar-refractivity contribution in [3.63, 3.8) is 0 Å². The number of benzene rings is 1. The van der Waals surface area contributed by atoms with Crippen molar-refractivity contribution < 1.29 is 13.2 Å². The predicted molar refractivity (Wildman–Crippen MR) is 160 cm³/mol. The number of pyridine rings is 1. The summed E-state index contributed by atoms with van der Waals surface area (Å²) in [5.74, 6) is -3.34. The molecule has 4 aliphatic rings. The van der Waals surface area contributed by atoms with Crippen LogP contribution in [-0.4, -0.2) is 44.7 Å². The number of rotatable bonds is 1. The molecule has 7 nitrogen and oxygen atoms in total. The highest BCUT2D eigenvalue weighted by atomic mass is 19.3. The Labute approximate surface area is 250 Å². The molecule has 0 radical (unpaired) electrons. The summed E-state index contributed by atoms with van der Waals surface area (Å²) in [6.45, 7) is 5.01. The Balaban J connectivity index is 1.41. The average Bonchev–Trinajstić information content (AvgIpc) is 3.79. The number of nitrogens with zero attached hydrogens (tertiary/aromatic N) is 5. The van der Waals surface area contributed by atoms with E-state index in [4.69, 9.17) is 0 Å². The number of halogens is 3. The third-order valence-corrected chi connectivity index (χ3v) is 9.72. The molecule has 7 rings (SSSR count). The third-order valence-electron chi connectivity index (χ3n) is 9.72. The van der Waals surface area contributed by atoms with Crippen LogP contribution in [0.4, 0.5) is 19.0 Å². The molecule has 2 atom stereocenters. The second-order valence-corrected chi connectivity index (χ2v) is 13.1. The molecule has 10 heteroatoms. The van der Waals surface area contributed by atoms with Crippen molar-refractivity contribution in [2.75, 3.05) is 25.0 Å². The minimum Gasteiger partial charge on any atom is -0.363 e. The summed E-state index contributed by atoms with van der Waals surface area (Å²) in [5.41, 5.74) is -0.913. The second-order valence-electron chi connectivity index (χ2n) is 13.1. The van der Waals surface area contributed by atoms with E-state index in [2.05, 4.69) is 21.4 Å². The second kappa shape index (κ2) is 11.2. The van der Waals surface area contributed by atoms with Crippen LogP contribution in [0.1, 0.15) is 87.9 Å². The van der Waals surface area contributed by atoms with E-state index in [9.17, 15) is 10.1 Å². The molecule has 228 valence electrons. The number of alkyl halides is 3. The number of hydrogen-bond donors (Lipinski definition) is 1. The van der Waals surface area contributed by atoms with Gasteiger partial charge in [-0.3, -0.25) is 9.36 Å². The van der Waals surface area contributed by atoms with Crippen LogP contribution in [-0.2, 0) is 17.9 Å². The van der Waals surface area contributed by atoms with E-state index in [1.807, 2.05) is 17.9 Å². The van der Waals surface area contributed by atoms with Crippen LogP contribution < -0.4 is 10.9 Å². The number of piperidine rings is 1. The third kappa shape index (κ3) is 5.76. The van der Waals surface area contributed by atoms with Crippen LogP contribution in [0.25, 0.3) is 11.0 Å². The molecular weight excluding hydrogens is 553 g/mol. The molecule has 3 aromatic rings. The molecule has 1 N–H and O–H groups in total. The average molecular weight is 593 g/mol. The molecule has 1 aromatic carbocycles. The van der Waals surface area contributed by atoms with Gasteiger partial charge in [0.25, 0.3) is 11.5 Å². The van der Waals surface area contributed by atoms with Gasteiger partial charge in [-0.2, -0.15) is 5.26 Å². The van der Waals surface area contributed by atoms with E-state index in [0.29, 0.717) is 92.6 Å². The molecule has 1 aliphatic carbocycles. The first kappa shape index (κ1) is 29.6. The first-order valence-electron chi connectivity index (χ1n) is 15.5. The Hall–Kier alpha value is -3.45. The highest BCUT2D eigenvalue weighted by Gasteiger charge is 2.48. The van der Waals surface area contributed by atoms with Gasteiger partial charge in [-0.15, -0.1) is 0 Å². The zero-order chi connectivity index (χ0) is 30.4. The number of anilines is 1. The standard InChI is InChI=1S/C33H39F3N6O/c1-22-23-7-6-8-25(17-23)33(35,36)24-9-15-41(16-10-24)20-31(2,34)11-4-3-5-14-42-29-26(28(40-22)38-21-39-29)18-27(30(42)43)32(19-37)12-13-32/h6-8,17-18,21-22,24H,3-5,9-16,20H2,1-2H3,(H,38,39,40)/t22-,31?/m1/s1. The zero-order valence-electron chi connectivity index (χ0n) is 24.9. The lowest BCUT2D eigenvalue weighted by Crippen LogP contribution is -2.45. The van der Waals surface area contributed by atoms with Crippen LogP contribution in [0.5, 0.6) is 0 Å². The maximum absolute atomic E-state index is 15.8. The SMILES string of the molecule is C[C@H]1Nc2ncnc3c2cc(C2(C#N)CC2)c(=O)n3CCCCCC(C)(F)CN2CCC(CC2)C(F)(F)c2cccc1c2. The fourth-order valence-corrected chi connectivity index (χ4v) is 6.89. The molecule has 8 bridgehead atoms. The molecule has 5 heterocycles. The van der Waals surface area contributed by atoms with Crippen molar-refractivity contribution in [2.24, 2.45) is 5.92 Å². The quantitative estimate of drug-likeness (QED) is 0.342. The summed E-state index contributed by atoms with van der Waals surface area (Å²) in [7, 11) is 0. The van der Waals surface area contributed by atoms with E-state index in [1.165, 1.54) is 12.4 Å². The fraction of sp³-hybridized carbons (Fsp3) is 0.576. The van der Waals surface area contributed by atoms with Crippen molar-refractivity contribution in [1.29, 1.82) is 5.26 Å². The van der Waals surface area contributed by atoms with Crippen molar-refractivity contribution in [3.05, 3.63) is 63.7 Å². The number of aryl methyl sites for hydroxylation is 1. The van der Waals surface area contributed by atoms with Crippen LogP contribution in [0.2, 0.25) is 0 Å². The van der Waals surface area contributed by atoms with Gasteiger partial charge in [-0.05, 0) is 83.2 Å². The van der Waals surface area contributed by atoms with E-state index in [1.54, 1.807) is 29.7 Å². The monoisotopic (exact) mass is 592 g/mol. The molecule has 43 heavy (non-hydrogen) atoms. The zero-order valence-corrected chi connectivity index (χ0v) is 24.9. The van der Waals surface area contributed by atoms with Gasteiger partial charge < -0.3 is 10.2 Å². The Kier molecular flexibility index (Phi) is 7.74. The lowest BCUT2D eigenvalue weighted by molar-refractivity contribution is -0.0882. The normalized spacial score (nSPS) is 28.9. The summed E-state index contributed by atoms with van der Waals surface area (Å²) in [4.78, 5) is 24.7. The highest BCUT2D eigenvalue weighted by Crippen LogP contribution is 2.47. The Morgan fingerprint density at radius 3 is 2.51 bits per heavy atom. The van der Waals surface area contributed by atoms with Crippen molar-refractivity contribution in [3.8, 4) is 6.07 Å². The van der Waals surface area contributed by atoms with Crippen molar-refractivity contribution >= 4 is 16.9 Å². The van der Waals surface area contributed by atoms with Crippen LogP contribution >= 0.6 is 0 Å². The summed E-state index contributed by atoms with van der Waals surface area (Å²) in [6.07, 6.45) is 5.64. The van der Waals surface area contributed by atoms with E-state index in [-0.39, 0.29) is 23.7 Å². The lowest BCUT2D eigenvalue weighted by Gasteiger charge is -2.38. The number of nitrogens with one attached hydrogen (secondary N) is 1. The highest BCUT2D eigenvalue weighted by molar-refractivity contribution is 5.87. The van der Waals surface area contributed by atoms with Gasteiger partial charge in [-0.25, -0.2) is 23.1 Å². The number of nitriles is 1. The number of aromatic nitrogens is 3. The van der Waals surface area contributed by atoms with Crippen molar-refractivity contribution in [1.82, 2.24) is 19.4 Å². The lowest BCUT2D eigenvalue weighted by atomic mass is 9.85. The molecule has 1 unspecified atom stereocenters. The Morgan fingerprint density at radius 2 is 1.79 bits per heavy atom. The molecule has 0 spiro atoms. The number of fused-ring (bicyclic) bond motifs is 9. The fourth-order valence-electron chi connectivity index (χ4n) is 6.89. The molecule has 1 saturated heterocycles. The maximum Gasteiger partial charge on any atom is 0.276 e. The summed E-state index contributed by atoms with van der Waals surface area (Å²) < 4.78 is 48.9. The smallest absolute Gasteiger partial charge is 0.276 e. The van der Waals surface area contributed by atoms with Crippen LogP contribution in [0.15, 0.2) is 41.5 Å². The van der Waals surface area contributed by atoms with Gasteiger partial charge in [0, 0.05) is 36.2 Å².